The van der Waals surface area contributed by atoms with E-state index < -0.39 is 0 Å². The van der Waals surface area contributed by atoms with E-state index >= 15 is 0 Å². The molecule has 0 aliphatic heterocycles. The molecule has 0 bridgehead atoms. The molecule has 0 atom stereocenters. The molecular weight excluding hydrogens is 514 g/mol. The van der Waals surface area contributed by atoms with E-state index in [1.54, 1.807) is 0 Å². The molecule has 0 saturated heterocycles. The summed E-state index contributed by atoms with van der Waals surface area (Å²) in [6.45, 7) is 0. The topological polar surface area (TPSA) is 64.5 Å². The maximum absolute atomic E-state index is 4.83. The van der Waals surface area contributed by atoms with Gasteiger partial charge >= 0.3 is 0 Å². The Kier molecular flexibility index (Phi) is 6.81. The van der Waals surface area contributed by atoms with Crippen LogP contribution in [0.5, 0.6) is 0 Å². The van der Waals surface area contributed by atoms with Crippen molar-refractivity contribution in [3.8, 4) is 67.8 Å². The Labute approximate surface area is 244 Å². The molecule has 0 amide bonds. The molecule has 5 nitrogen and oxygen atoms in total. The Morgan fingerprint density at radius 1 is 0.262 bits per heavy atom. The van der Waals surface area contributed by atoms with Gasteiger partial charge in [-0.2, -0.15) is 0 Å². The van der Waals surface area contributed by atoms with Gasteiger partial charge in [-0.1, -0.05) is 127 Å². The lowest BCUT2D eigenvalue weighted by atomic mass is 10.0. The van der Waals surface area contributed by atoms with Crippen molar-refractivity contribution >= 4 is 0 Å². The summed E-state index contributed by atoms with van der Waals surface area (Å²) in [4.78, 5) is 23.8. The van der Waals surface area contributed by atoms with Crippen molar-refractivity contribution in [2.75, 3.05) is 0 Å². The average molecular weight is 540 g/mol. The van der Waals surface area contributed by atoms with Crippen LogP contribution in [0.25, 0.3) is 67.8 Å². The molecule has 7 aromatic rings. The molecule has 0 saturated carbocycles. The minimum absolute atomic E-state index is 0.632. The van der Waals surface area contributed by atoms with Crippen LogP contribution in [-0.4, -0.2) is 24.9 Å². The quantitative estimate of drug-likeness (QED) is 0.212. The number of aromatic nitrogens is 5. The third kappa shape index (κ3) is 5.31. The van der Waals surface area contributed by atoms with Crippen LogP contribution in [0.4, 0.5) is 0 Å². The zero-order chi connectivity index (χ0) is 28.1. The SMILES string of the molecule is c1ccc(-c2ccc(-c3ccc(-c4ccc(-c5nc(-c6ccccc6)nc(-c6ccccc6)n5)cc4)cn3)nc2)cc1. The standard InChI is InChI=1S/C37H25N5/c1-4-10-26(11-5-1)31-20-22-33(38-24-31)34-23-21-32(25-39-34)27-16-18-30(19-17-27)37-41-35(28-12-6-2-7-13-28)40-36(42-37)29-14-8-3-9-15-29/h1-25H. The highest BCUT2D eigenvalue weighted by molar-refractivity contribution is 5.71. The number of pyridine rings is 2. The molecular formula is C37H25N5. The van der Waals surface area contributed by atoms with E-state index in [9.17, 15) is 0 Å². The first-order chi connectivity index (χ1) is 20.8. The predicted molar refractivity (Wildman–Crippen MR) is 168 cm³/mol. The summed E-state index contributed by atoms with van der Waals surface area (Å²) >= 11 is 0. The van der Waals surface area contributed by atoms with Gasteiger partial charge in [-0.25, -0.2) is 15.0 Å². The fourth-order valence-corrected chi connectivity index (χ4v) is 4.81. The van der Waals surface area contributed by atoms with Gasteiger partial charge in [0.15, 0.2) is 17.5 Å². The number of rotatable bonds is 6. The lowest BCUT2D eigenvalue weighted by molar-refractivity contribution is 1.07. The van der Waals surface area contributed by atoms with Crippen LogP contribution in [0, 0.1) is 0 Å². The molecule has 0 aliphatic rings. The summed E-state index contributed by atoms with van der Waals surface area (Å²) in [6, 6.07) is 46.7. The fraction of sp³-hybridized carbons (Fsp3) is 0. The van der Waals surface area contributed by atoms with Crippen LogP contribution in [0.2, 0.25) is 0 Å². The highest BCUT2D eigenvalue weighted by Gasteiger charge is 2.12. The highest BCUT2D eigenvalue weighted by Crippen LogP contribution is 2.28. The van der Waals surface area contributed by atoms with Gasteiger partial charge in [0, 0.05) is 40.2 Å². The molecule has 0 unspecified atom stereocenters. The van der Waals surface area contributed by atoms with Crippen molar-refractivity contribution in [2.24, 2.45) is 0 Å². The molecule has 0 fully saturated rings. The third-order valence-corrected chi connectivity index (χ3v) is 7.07. The summed E-state index contributed by atoms with van der Waals surface area (Å²) in [6.07, 6.45) is 3.79. The van der Waals surface area contributed by atoms with Gasteiger partial charge in [-0.05, 0) is 23.3 Å². The zero-order valence-corrected chi connectivity index (χ0v) is 22.7. The Bertz CT molecular complexity index is 1860. The summed E-state index contributed by atoms with van der Waals surface area (Å²) in [5.74, 6) is 1.93. The number of hydrogen-bond acceptors (Lipinski definition) is 5. The van der Waals surface area contributed by atoms with Gasteiger partial charge in [0.1, 0.15) is 0 Å². The molecule has 4 aromatic carbocycles. The van der Waals surface area contributed by atoms with Crippen LogP contribution < -0.4 is 0 Å². The van der Waals surface area contributed by atoms with E-state index in [0.717, 1.165) is 50.3 Å². The third-order valence-electron chi connectivity index (χ3n) is 7.07. The van der Waals surface area contributed by atoms with E-state index in [-0.39, 0.29) is 0 Å². The first-order valence-corrected chi connectivity index (χ1v) is 13.8. The van der Waals surface area contributed by atoms with Crippen molar-refractivity contribution in [1.29, 1.82) is 0 Å². The van der Waals surface area contributed by atoms with E-state index in [0.29, 0.717) is 17.5 Å². The fourth-order valence-electron chi connectivity index (χ4n) is 4.81. The second-order valence-electron chi connectivity index (χ2n) is 9.85. The van der Waals surface area contributed by atoms with Crippen molar-refractivity contribution < 1.29 is 0 Å². The van der Waals surface area contributed by atoms with Gasteiger partial charge in [0.25, 0.3) is 0 Å². The molecule has 7 rings (SSSR count). The average Bonchev–Trinajstić information content (AvgIpc) is 3.09. The van der Waals surface area contributed by atoms with Crippen LogP contribution in [0.3, 0.4) is 0 Å². The maximum Gasteiger partial charge on any atom is 0.164 e. The first kappa shape index (κ1) is 25.2. The summed E-state index contributed by atoms with van der Waals surface area (Å²) in [7, 11) is 0. The number of nitrogens with zero attached hydrogens (tertiary/aromatic N) is 5. The second-order valence-corrected chi connectivity index (χ2v) is 9.85. The van der Waals surface area contributed by atoms with Gasteiger partial charge in [-0.15, -0.1) is 0 Å². The van der Waals surface area contributed by atoms with Crippen LogP contribution >= 0.6 is 0 Å². The summed E-state index contributed by atoms with van der Waals surface area (Å²) in [5.41, 5.74) is 8.81. The predicted octanol–water partition coefficient (Wildman–Crippen LogP) is 8.66. The lowest BCUT2D eigenvalue weighted by Gasteiger charge is -2.09. The van der Waals surface area contributed by atoms with Crippen molar-refractivity contribution in [1.82, 2.24) is 24.9 Å². The molecule has 3 aromatic heterocycles. The minimum Gasteiger partial charge on any atom is -0.254 e. The normalized spacial score (nSPS) is 10.9. The van der Waals surface area contributed by atoms with Crippen molar-refractivity contribution in [3.05, 3.63) is 152 Å². The smallest absolute Gasteiger partial charge is 0.164 e. The molecule has 0 aliphatic carbocycles. The van der Waals surface area contributed by atoms with E-state index in [2.05, 4.69) is 41.4 Å². The van der Waals surface area contributed by atoms with Crippen LogP contribution in [0.15, 0.2) is 152 Å². The van der Waals surface area contributed by atoms with Crippen molar-refractivity contribution in [2.45, 2.75) is 0 Å². The Balaban J connectivity index is 1.15. The van der Waals surface area contributed by atoms with E-state index in [1.165, 1.54) is 0 Å². The zero-order valence-electron chi connectivity index (χ0n) is 22.7. The minimum atomic E-state index is 0.632. The van der Waals surface area contributed by atoms with Gasteiger partial charge in [0.05, 0.1) is 11.4 Å². The molecule has 0 spiro atoms. The molecule has 0 radical (unpaired) electrons. The molecule has 5 heteroatoms. The van der Waals surface area contributed by atoms with Crippen LogP contribution in [-0.2, 0) is 0 Å². The molecule has 3 heterocycles. The van der Waals surface area contributed by atoms with Gasteiger partial charge in [-0.3, -0.25) is 9.97 Å². The Morgan fingerprint density at radius 3 is 0.952 bits per heavy atom. The second kappa shape index (κ2) is 11.4. The Hall–Kier alpha value is -5.81. The molecule has 198 valence electrons. The summed E-state index contributed by atoms with van der Waals surface area (Å²) < 4.78 is 0. The van der Waals surface area contributed by atoms with Gasteiger partial charge < -0.3 is 0 Å². The maximum atomic E-state index is 4.83. The van der Waals surface area contributed by atoms with Crippen LogP contribution in [0.1, 0.15) is 0 Å². The lowest BCUT2D eigenvalue weighted by Crippen LogP contribution is -2.00. The van der Waals surface area contributed by atoms with Crippen molar-refractivity contribution in [3.63, 3.8) is 0 Å². The number of benzene rings is 4. The first-order valence-electron chi connectivity index (χ1n) is 13.8. The highest BCUT2D eigenvalue weighted by atomic mass is 15.0. The molecule has 42 heavy (non-hydrogen) atoms. The Morgan fingerprint density at radius 2 is 0.571 bits per heavy atom. The summed E-state index contributed by atoms with van der Waals surface area (Å²) in [5, 5.41) is 0. The largest absolute Gasteiger partial charge is 0.254 e. The number of hydrogen-bond donors (Lipinski definition) is 0. The van der Waals surface area contributed by atoms with E-state index in [4.69, 9.17) is 19.9 Å². The molecule has 0 N–H and O–H groups in total. The van der Waals surface area contributed by atoms with Gasteiger partial charge in [0.2, 0.25) is 0 Å². The monoisotopic (exact) mass is 539 g/mol. The van der Waals surface area contributed by atoms with E-state index in [1.807, 2.05) is 116 Å².